The molecule has 21 heavy (non-hydrogen) atoms. The number of piperidine rings is 1. The lowest BCUT2D eigenvalue weighted by Gasteiger charge is -2.50. The molecule has 1 aromatic carbocycles. The molecule has 0 radical (unpaired) electrons. The highest BCUT2D eigenvalue weighted by molar-refractivity contribution is 5.87. The lowest BCUT2D eigenvalue weighted by Crippen LogP contribution is -2.56. The molecule has 0 aromatic heterocycles. The summed E-state index contributed by atoms with van der Waals surface area (Å²) in [5.74, 6) is 1.41. The number of carbonyl (C=O) groups excluding carboxylic acids is 1. The summed E-state index contributed by atoms with van der Waals surface area (Å²) in [4.78, 5) is 15.4. The van der Waals surface area contributed by atoms with E-state index < -0.39 is 0 Å². The topological polar surface area (TPSA) is 29.5 Å². The van der Waals surface area contributed by atoms with Crippen molar-refractivity contribution in [1.82, 2.24) is 4.90 Å². The standard InChI is InChI=1S/C18H23NO2/c1-18-8-3-4-16(18)19-9-7-12-10-13(21-2)5-6-14(12)15(19)11-17(18)20/h5-6,10,15-16H,3-4,7-9,11H2,1-2H3/t15-,16-,18+/m0/s1. The van der Waals surface area contributed by atoms with E-state index in [4.69, 9.17) is 4.74 Å². The quantitative estimate of drug-likeness (QED) is 0.794. The Morgan fingerprint density at radius 2 is 2.24 bits per heavy atom. The molecule has 2 aliphatic heterocycles. The summed E-state index contributed by atoms with van der Waals surface area (Å²) in [5, 5.41) is 0. The minimum atomic E-state index is -0.0829. The second-order valence-corrected chi connectivity index (χ2v) is 7.02. The average molecular weight is 285 g/mol. The van der Waals surface area contributed by atoms with Crippen LogP contribution in [-0.2, 0) is 11.2 Å². The highest BCUT2D eigenvalue weighted by Gasteiger charge is 2.53. The molecule has 2 heterocycles. The van der Waals surface area contributed by atoms with Crippen LogP contribution in [0.4, 0.5) is 0 Å². The van der Waals surface area contributed by atoms with Gasteiger partial charge in [0.05, 0.1) is 7.11 Å². The Hall–Kier alpha value is -1.35. The van der Waals surface area contributed by atoms with Gasteiger partial charge >= 0.3 is 0 Å². The molecule has 1 saturated heterocycles. The van der Waals surface area contributed by atoms with Gasteiger partial charge < -0.3 is 4.74 Å². The van der Waals surface area contributed by atoms with Gasteiger partial charge in [-0.2, -0.15) is 0 Å². The Kier molecular flexibility index (Phi) is 2.90. The number of methoxy groups -OCH3 is 1. The molecule has 0 spiro atoms. The van der Waals surface area contributed by atoms with Crippen LogP contribution in [0.5, 0.6) is 5.75 Å². The SMILES string of the molecule is COc1ccc2c(c1)CCN1[C@H]3CCC[C@@]3(C)C(=O)C[C@@H]21. The molecule has 3 nitrogen and oxygen atoms in total. The van der Waals surface area contributed by atoms with Crippen molar-refractivity contribution in [2.75, 3.05) is 13.7 Å². The number of hydrogen-bond acceptors (Lipinski definition) is 3. The number of fused-ring (bicyclic) bond motifs is 5. The summed E-state index contributed by atoms with van der Waals surface area (Å²) in [6, 6.07) is 7.12. The van der Waals surface area contributed by atoms with Crippen LogP contribution in [0.15, 0.2) is 18.2 Å². The van der Waals surface area contributed by atoms with Crippen LogP contribution in [0.1, 0.15) is 49.8 Å². The first kappa shape index (κ1) is 13.3. The minimum Gasteiger partial charge on any atom is -0.497 e. The van der Waals surface area contributed by atoms with Gasteiger partial charge in [0.15, 0.2) is 0 Å². The number of carbonyl (C=O) groups is 1. The largest absolute Gasteiger partial charge is 0.497 e. The molecule has 1 saturated carbocycles. The fraction of sp³-hybridized carbons (Fsp3) is 0.611. The fourth-order valence-corrected chi connectivity index (χ4v) is 4.85. The maximum atomic E-state index is 12.7. The zero-order valence-electron chi connectivity index (χ0n) is 12.9. The number of rotatable bonds is 1. The van der Waals surface area contributed by atoms with Gasteiger partial charge in [-0.1, -0.05) is 19.4 Å². The number of Topliss-reactive ketones (excluding diaryl/α,β-unsaturated/α-hetero) is 1. The highest BCUT2D eigenvalue weighted by atomic mass is 16.5. The Morgan fingerprint density at radius 1 is 1.38 bits per heavy atom. The number of benzene rings is 1. The summed E-state index contributed by atoms with van der Waals surface area (Å²) >= 11 is 0. The van der Waals surface area contributed by atoms with Gasteiger partial charge in [0.25, 0.3) is 0 Å². The molecular formula is C18H23NO2. The van der Waals surface area contributed by atoms with E-state index in [1.807, 2.05) is 6.07 Å². The molecule has 1 aromatic rings. The zero-order chi connectivity index (χ0) is 14.6. The third-order valence-corrected chi connectivity index (χ3v) is 6.07. The predicted octanol–water partition coefficient (Wildman–Crippen LogP) is 3.13. The van der Waals surface area contributed by atoms with Crippen molar-refractivity contribution in [2.45, 2.75) is 51.1 Å². The Morgan fingerprint density at radius 3 is 3.05 bits per heavy atom. The highest BCUT2D eigenvalue weighted by Crippen LogP contribution is 2.52. The van der Waals surface area contributed by atoms with Crippen molar-refractivity contribution in [2.24, 2.45) is 5.41 Å². The first-order valence-corrected chi connectivity index (χ1v) is 8.09. The third-order valence-electron chi connectivity index (χ3n) is 6.07. The molecule has 0 N–H and O–H groups in total. The molecule has 4 rings (SSSR count). The monoisotopic (exact) mass is 285 g/mol. The van der Waals surface area contributed by atoms with Crippen LogP contribution in [0.25, 0.3) is 0 Å². The summed E-state index contributed by atoms with van der Waals surface area (Å²) in [6.45, 7) is 3.28. The lowest BCUT2D eigenvalue weighted by atomic mass is 9.70. The Balaban J connectivity index is 1.74. The van der Waals surface area contributed by atoms with E-state index in [1.54, 1.807) is 7.11 Å². The molecule has 1 aliphatic carbocycles. The van der Waals surface area contributed by atoms with Crippen LogP contribution >= 0.6 is 0 Å². The second kappa shape index (κ2) is 4.57. The molecule has 0 amide bonds. The van der Waals surface area contributed by atoms with Gasteiger partial charge in [-0.05, 0) is 42.5 Å². The summed E-state index contributed by atoms with van der Waals surface area (Å²) in [6.07, 6.45) is 5.22. The maximum absolute atomic E-state index is 12.7. The molecular weight excluding hydrogens is 262 g/mol. The molecule has 0 bridgehead atoms. The molecule has 2 fully saturated rings. The Labute approximate surface area is 126 Å². The van der Waals surface area contributed by atoms with E-state index in [9.17, 15) is 4.79 Å². The first-order valence-electron chi connectivity index (χ1n) is 8.09. The number of hydrogen-bond donors (Lipinski definition) is 0. The zero-order valence-corrected chi connectivity index (χ0v) is 12.9. The van der Waals surface area contributed by atoms with Crippen molar-refractivity contribution in [3.63, 3.8) is 0 Å². The van der Waals surface area contributed by atoms with Crippen molar-refractivity contribution < 1.29 is 9.53 Å². The molecule has 3 atom stereocenters. The average Bonchev–Trinajstić information content (AvgIpc) is 2.90. The molecule has 0 unspecified atom stereocenters. The van der Waals surface area contributed by atoms with E-state index in [0.717, 1.165) is 25.1 Å². The van der Waals surface area contributed by atoms with Gasteiger partial charge in [0.1, 0.15) is 11.5 Å². The minimum absolute atomic E-state index is 0.0829. The first-order chi connectivity index (χ1) is 10.1. The van der Waals surface area contributed by atoms with Crippen molar-refractivity contribution in [3.8, 4) is 5.75 Å². The Bertz CT molecular complexity index is 597. The maximum Gasteiger partial charge on any atom is 0.142 e. The smallest absolute Gasteiger partial charge is 0.142 e. The normalized spacial score (nSPS) is 35.0. The van der Waals surface area contributed by atoms with Crippen molar-refractivity contribution in [3.05, 3.63) is 29.3 Å². The van der Waals surface area contributed by atoms with Gasteiger partial charge in [0.2, 0.25) is 0 Å². The predicted molar refractivity (Wildman–Crippen MR) is 81.5 cm³/mol. The lowest BCUT2D eigenvalue weighted by molar-refractivity contribution is -0.139. The molecule has 112 valence electrons. The number of ketones is 1. The summed E-state index contributed by atoms with van der Waals surface area (Å²) in [7, 11) is 1.71. The number of ether oxygens (including phenoxy) is 1. The third kappa shape index (κ3) is 1.80. The van der Waals surface area contributed by atoms with Gasteiger partial charge in [-0.25, -0.2) is 0 Å². The second-order valence-electron chi connectivity index (χ2n) is 7.02. The van der Waals surface area contributed by atoms with Gasteiger partial charge in [0, 0.05) is 30.5 Å². The van der Waals surface area contributed by atoms with E-state index in [0.29, 0.717) is 24.3 Å². The van der Waals surface area contributed by atoms with Gasteiger partial charge in [-0.3, -0.25) is 9.69 Å². The van der Waals surface area contributed by atoms with E-state index in [1.165, 1.54) is 24.0 Å². The number of nitrogens with zero attached hydrogens (tertiary/aromatic N) is 1. The van der Waals surface area contributed by atoms with Crippen molar-refractivity contribution in [1.29, 1.82) is 0 Å². The van der Waals surface area contributed by atoms with Crippen LogP contribution in [-0.4, -0.2) is 30.4 Å². The van der Waals surface area contributed by atoms with E-state index >= 15 is 0 Å². The van der Waals surface area contributed by atoms with Gasteiger partial charge in [-0.15, -0.1) is 0 Å². The van der Waals surface area contributed by atoms with Crippen LogP contribution in [0.3, 0.4) is 0 Å². The molecule has 3 aliphatic rings. The fourth-order valence-electron chi connectivity index (χ4n) is 4.85. The molecule has 3 heteroatoms. The van der Waals surface area contributed by atoms with E-state index in [2.05, 4.69) is 24.0 Å². The summed E-state index contributed by atoms with van der Waals surface area (Å²) in [5.41, 5.74) is 2.63. The summed E-state index contributed by atoms with van der Waals surface area (Å²) < 4.78 is 5.34. The van der Waals surface area contributed by atoms with Crippen LogP contribution in [0.2, 0.25) is 0 Å². The van der Waals surface area contributed by atoms with Crippen LogP contribution in [0, 0.1) is 5.41 Å². The van der Waals surface area contributed by atoms with E-state index in [-0.39, 0.29) is 5.41 Å². The van der Waals surface area contributed by atoms with Crippen LogP contribution < -0.4 is 4.74 Å². The van der Waals surface area contributed by atoms with Crippen molar-refractivity contribution >= 4 is 5.78 Å².